The van der Waals surface area contributed by atoms with Crippen molar-refractivity contribution in [3.8, 4) is 0 Å². The summed E-state index contributed by atoms with van der Waals surface area (Å²) in [6.45, 7) is 7.97. The summed E-state index contributed by atoms with van der Waals surface area (Å²) in [7, 11) is 0. The number of nitrogens with one attached hydrogen (secondary N) is 1. The Balaban J connectivity index is 1.12. The first-order valence-corrected chi connectivity index (χ1v) is 14.2. The van der Waals surface area contributed by atoms with Crippen LogP contribution in [0.15, 0.2) is 60.7 Å². The van der Waals surface area contributed by atoms with E-state index in [4.69, 9.17) is 10.1 Å². The zero-order valence-electron chi connectivity index (χ0n) is 23.1. The minimum absolute atomic E-state index is 0.0153. The van der Waals surface area contributed by atoms with Gasteiger partial charge in [-0.1, -0.05) is 60.7 Å². The lowest BCUT2D eigenvalue weighted by atomic mass is 9.95. The number of aryl methyl sites for hydroxylation is 1. The third kappa shape index (κ3) is 7.12. The zero-order valence-corrected chi connectivity index (χ0v) is 23.1. The fourth-order valence-electron chi connectivity index (χ4n) is 5.83. The van der Waals surface area contributed by atoms with Crippen LogP contribution >= 0.6 is 0 Å². The van der Waals surface area contributed by atoms with Gasteiger partial charge in [0.25, 0.3) is 0 Å². The highest BCUT2D eigenvalue weighted by molar-refractivity contribution is 5.78. The van der Waals surface area contributed by atoms with E-state index < -0.39 is 0 Å². The second-order valence-electron chi connectivity index (χ2n) is 11.1. The molecule has 3 aromatic rings. The van der Waals surface area contributed by atoms with E-state index in [0.29, 0.717) is 25.6 Å². The van der Waals surface area contributed by atoms with E-state index in [2.05, 4.69) is 58.2 Å². The first-order valence-electron chi connectivity index (χ1n) is 14.2. The topological polar surface area (TPSA) is 83.4 Å². The van der Waals surface area contributed by atoms with Gasteiger partial charge < -0.3 is 15.1 Å². The highest BCUT2D eigenvalue weighted by Gasteiger charge is 2.31. The summed E-state index contributed by atoms with van der Waals surface area (Å²) < 4.78 is 2.14. The van der Waals surface area contributed by atoms with Crippen LogP contribution in [0.3, 0.4) is 0 Å². The highest BCUT2D eigenvalue weighted by atomic mass is 16.2. The maximum atomic E-state index is 12.9. The van der Waals surface area contributed by atoms with Gasteiger partial charge in [0.1, 0.15) is 5.82 Å². The number of piperidine rings is 1. The number of hydrogen-bond donors (Lipinski definition) is 1. The van der Waals surface area contributed by atoms with Gasteiger partial charge in [-0.05, 0) is 37.3 Å². The number of carbonyl (C=O) groups excluding carboxylic acids is 2. The van der Waals surface area contributed by atoms with Crippen LogP contribution in [-0.2, 0) is 16.0 Å². The Kier molecular flexibility index (Phi) is 8.71. The summed E-state index contributed by atoms with van der Waals surface area (Å²) in [5.41, 5.74) is 2.37. The molecule has 2 amide bonds. The molecule has 0 unspecified atom stereocenters. The Morgan fingerprint density at radius 3 is 2.33 bits per heavy atom. The van der Waals surface area contributed by atoms with Crippen LogP contribution in [0.5, 0.6) is 0 Å². The predicted molar refractivity (Wildman–Crippen MR) is 151 cm³/mol. The number of nitrogens with zero attached hydrogens (tertiary/aromatic N) is 5. The standard InChI is InChI=1S/C31H40N6O2/c1-23-32-30(19-25-9-5-3-6-10-25)34-37(23)28-13-16-35(17-14-28)18-15-29(27-11-7-4-8-12-27)33-31(39)20-26-21-36(22-26)24(2)38/h3-12,26,28-29H,13-22H2,1-2H3,(H,33,39)/t29-/m0/s1. The fraction of sp³-hybridized carbons (Fsp3) is 0.484. The summed E-state index contributed by atoms with van der Waals surface area (Å²) in [6, 6.07) is 21.0. The molecule has 0 bridgehead atoms. The number of benzene rings is 2. The SMILES string of the molecule is CC(=O)N1CC(CC(=O)N[C@@H](CCN2CCC(n3nc(Cc4ccccc4)nc3C)CC2)c2ccccc2)C1. The molecule has 2 aromatic carbocycles. The maximum absolute atomic E-state index is 12.9. The minimum atomic E-state index is -0.0153. The number of carbonyl (C=O) groups is 2. The first-order chi connectivity index (χ1) is 18.9. The zero-order chi connectivity index (χ0) is 27.2. The van der Waals surface area contributed by atoms with Crippen LogP contribution in [0.4, 0.5) is 0 Å². The lowest BCUT2D eigenvalue weighted by Crippen LogP contribution is -2.50. The van der Waals surface area contributed by atoms with Gasteiger partial charge in [-0.3, -0.25) is 9.59 Å². The average Bonchev–Trinajstić information content (AvgIpc) is 3.29. The van der Waals surface area contributed by atoms with Crippen LogP contribution in [0.2, 0.25) is 0 Å². The second-order valence-corrected chi connectivity index (χ2v) is 11.1. The second kappa shape index (κ2) is 12.6. The van der Waals surface area contributed by atoms with E-state index in [1.165, 1.54) is 5.56 Å². The van der Waals surface area contributed by atoms with Crippen LogP contribution < -0.4 is 5.32 Å². The number of likely N-dealkylation sites (tertiary alicyclic amines) is 2. The summed E-state index contributed by atoms with van der Waals surface area (Å²) in [5, 5.41) is 8.16. The molecular weight excluding hydrogens is 488 g/mol. The average molecular weight is 529 g/mol. The molecule has 1 atom stereocenters. The number of aromatic nitrogens is 3. The summed E-state index contributed by atoms with van der Waals surface area (Å²) >= 11 is 0. The molecule has 5 rings (SSSR count). The van der Waals surface area contributed by atoms with Crippen LogP contribution in [0.25, 0.3) is 0 Å². The molecular formula is C31H40N6O2. The van der Waals surface area contributed by atoms with Crippen molar-refractivity contribution >= 4 is 11.8 Å². The summed E-state index contributed by atoms with van der Waals surface area (Å²) in [5.74, 6) is 2.30. The number of amides is 2. The Hall–Kier alpha value is -3.52. The molecule has 2 aliphatic rings. The summed E-state index contributed by atoms with van der Waals surface area (Å²) in [6.07, 6.45) is 4.20. The molecule has 8 heteroatoms. The minimum Gasteiger partial charge on any atom is -0.349 e. The first kappa shape index (κ1) is 27.1. The number of rotatable bonds is 10. The van der Waals surface area contributed by atoms with E-state index in [0.717, 1.165) is 62.5 Å². The molecule has 0 radical (unpaired) electrons. The van der Waals surface area contributed by atoms with Crippen molar-refractivity contribution in [2.75, 3.05) is 32.7 Å². The van der Waals surface area contributed by atoms with Crippen molar-refractivity contribution in [2.24, 2.45) is 5.92 Å². The molecule has 206 valence electrons. The highest BCUT2D eigenvalue weighted by Crippen LogP contribution is 2.26. The Morgan fingerprint density at radius 2 is 1.67 bits per heavy atom. The van der Waals surface area contributed by atoms with Crippen molar-refractivity contribution in [1.82, 2.24) is 29.9 Å². The van der Waals surface area contributed by atoms with Gasteiger partial charge in [-0.25, -0.2) is 9.67 Å². The van der Waals surface area contributed by atoms with Crippen molar-refractivity contribution in [3.63, 3.8) is 0 Å². The quantitative estimate of drug-likeness (QED) is 0.431. The molecule has 0 aliphatic carbocycles. The van der Waals surface area contributed by atoms with Gasteiger partial charge in [0, 0.05) is 58.4 Å². The van der Waals surface area contributed by atoms with Crippen LogP contribution in [0, 0.1) is 12.8 Å². The van der Waals surface area contributed by atoms with Crippen molar-refractivity contribution in [2.45, 2.75) is 58.0 Å². The molecule has 39 heavy (non-hydrogen) atoms. The maximum Gasteiger partial charge on any atom is 0.220 e. The van der Waals surface area contributed by atoms with Crippen LogP contribution in [0.1, 0.15) is 67.5 Å². The largest absolute Gasteiger partial charge is 0.349 e. The molecule has 8 nitrogen and oxygen atoms in total. The molecule has 1 N–H and O–H groups in total. The molecule has 1 aromatic heterocycles. The van der Waals surface area contributed by atoms with Gasteiger partial charge in [0.2, 0.25) is 11.8 Å². The van der Waals surface area contributed by atoms with E-state index in [1.54, 1.807) is 11.8 Å². The lowest BCUT2D eigenvalue weighted by Gasteiger charge is -2.38. The fourth-order valence-corrected chi connectivity index (χ4v) is 5.83. The van der Waals surface area contributed by atoms with Gasteiger partial charge in [-0.15, -0.1) is 0 Å². The molecule has 0 saturated carbocycles. The van der Waals surface area contributed by atoms with Gasteiger partial charge >= 0.3 is 0 Å². The van der Waals surface area contributed by atoms with Crippen molar-refractivity contribution < 1.29 is 9.59 Å². The third-order valence-corrected chi connectivity index (χ3v) is 8.10. The van der Waals surface area contributed by atoms with E-state index >= 15 is 0 Å². The molecule has 0 spiro atoms. The van der Waals surface area contributed by atoms with E-state index in [1.807, 2.05) is 24.3 Å². The van der Waals surface area contributed by atoms with Gasteiger partial charge in [0.05, 0.1) is 12.1 Å². The van der Waals surface area contributed by atoms with Gasteiger partial charge in [0.15, 0.2) is 5.82 Å². The van der Waals surface area contributed by atoms with E-state index in [9.17, 15) is 9.59 Å². The number of hydrogen-bond acceptors (Lipinski definition) is 5. The van der Waals surface area contributed by atoms with Crippen LogP contribution in [-0.4, -0.2) is 69.1 Å². The smallest absolute Gasteiger partial charge is 0.220 e. The van der Waals surface area contributed by atoms with Gasteiger partial charge in [-0.2, -0.15) is 5.10 Å². The molecule has 2 saturated heterocycles. The Labute approximate surface area is 231 Å². The molecule has 3 heterocycles. The predicted octanol–water partition coefficient (Wildman–Crippen LogP) is 3.93. The monoisotopic (exact) mass is 528 g/mol. The molecule has 2 fully saturated rings. The van der Waals surface area contributed by atoms with Crippen molar-refractivity contribution in [1.29, 1.82) is 0 Å². The lowest BCUT2D eigenvalue weighted by molar-refractivity contribution is -0.137. The normalized spacial score (nSPS) is 17.5. The van der Waals surface area contributed by atoms with E-state index in [-0.39, 0.29) is 23.8 Å². The Morgan fingerprint density at radius 1 is 1.00 bits per heavy atom. The summed E-state index contributed by atoms with van der Waals surface area (Å²) in [4.78, 5) is 33.4. The third-order valence-electron chi connectivity index (χ3n) is 8.10. The molecule has 2 aliphatic heterocycles. The van der Waals surface area contributed by atoms with Crippen molar-refractivity contribution in [3.05, 3.63) is 83.4 Å². The Bertz CT molecular complexity index is 1230.